The van der Waals surface area contributed by atoms with E-state index in [0.717, 1.165) is 24.7 Å². The summed E-state index contributed by atoms with van der Waals surface area (Å²) in [6, 6.07) is 8.44. The number of rotatable bonds is 7. The van der Waals surface area contributed by atoms with Crippen LogP contribution in [0, 0.1) is 5.82 Å². The number of pyridine rings is 2. The molecule has 0 bridgehead atoms. The predicted molar refractivity (Wildman–Crippen MR) is 112 cm³/mol. The van der Waals surface area contributed by atoms with E-state index in [1.165, 1.54) is 6.07 Å². The number of amides is 1. The van der Waals surface area contributed by atoms with Crippen molar-refractivity contribution in [3.05, 3.63) is 59.8 Å². The van der Waals surface area contributed by atoms with Crippen LogP contribution in [0.4, 0.5) is 16.0 Å². The Morgan fingerprint density at radius 3 is 2.87 bits per heavy atom. The normalized spacial score (nSPS) is 16.1. The quantitative estimate of drug-likeness (QED) is 0.608. The number of carbonyl (C=O) groups is 1. The number of likely N-dealkylation sites (tertiary alicyclic amines) is 1. The number of halogens is 1. The molecule has 1 unspecified atom stereocenters. The molecule has 1 aliphatic heterocycles. The first-order valence-corrected chi connectivity index (χ1v) is 10.5. The molecule has 1 atom stereocenters. The molecule has 1 N–H and O–H groups in total. The summed E-state index contributed by atoms with van der Waals surface area (Å²) in [6.45, 7) is 4.67. The van der Waals surface area contributed by atoms with E-state index >= 15 is 0 Å². The lowest BCUT2D eigenvalue weighted by molar-refractivity contribution is -0.132. The third-order valence-electron chi connectivity index (χ3n) is 5.20. The second kappa shape index (κ2) is 9.20. The van der Waals surface area contributed by atoms with Gasteiger partial charge in [0.25, 0.3) is 0 Å². The van der Waals surface area contributed by atoms with Gasteiger partial charge in [-0.1, -0.05) is 19.9 Å². The molecule has 1 fully saturated rings. The number of carbonyl (C=O) groups excluding carboxylic acids is 1. The third-order valence-corrected chi connectivity index (χ3v) is 5.20. The summed E-state index contributed by atoms with van der Waals surface area (Å²) in [6.07, 6.45) is 3.67. The predicted octanol–water partition coefficient (Wildman–Crippen LogP) is 4.16. The van der Waals surface area contributed by atoms with Crippen LogP contribution in [-0.4, -0.2) is 37.5 Å². The Kier molecular flexibility index (Phi) is 6.20. The fourth-order valence-corrected chi connectivity index (χ4v) is 3.62. The van der Waals surface area contributed by atoms with E-state index < -0.39 is 5.82 Å². The van der Waals surface area contributed by atoms with Gasteiger partial charge in [0.1, 0.15) is 17.5 Å². The molecule has 1 saturated heterocycles. The van der Waals surface area contributed by atoms with Crippen LogP contribution in [0.3, 0.4) is 0 Å². The van der Waals surface area contributed by atoms with Crippen molar-refractivity contribution in [3.8, 4) is 0 Å². The second-order valence-corrected chi connectivity index (χ2v) is 7.87. The Hall–Kier alpha value is -3.36. The van der Waals surface area contributed by atoms with Crippen molar-refractivity contribution in [2.24, 2.45) is 0 Å². The molecule has 31 heavy (non-hydrogen) atoms. The minimum atomic E-state index is -0.395. The summed E-state index contributed by atoms with van der Waals surface area (Å²) in [5.74, 6) is 2.00. The van der Waals surface area contributed by atoms with E-state index in [1.54, 1.807) is 6.07 Å². The lowest BCUT2D eigenvalue weighted by atomic mass is 10.1. The summed E-state index contributed by atoms with van der Waals surface area (Å²) in [4.78, 5) is 23.4. The first-order valence-electron chi connectivity index (χ1n) is 10.5. The van der Waals surface area contributed by atoms with Gasteiger partial charge >= 0.3 is 0 Å². The van der Waals surface area contributed by atoms with Crippen molar-refractivity contribution in [2.75, 3.05) is 11.9 Å². The van der Waals surface area contributed by atoms with Gasteiger partial charge in [-0.05, 0) is 37.1 Å². The largest absolute Gasteiger partial charge is 0.425 e. The highest BCUT2D eigenvalue weighted by atomic mass is 19.1. The highest BCUT2D eigenvalue weighted by molar-refractivity contribution is 5.77. The fourth-order valence-electron chi connectivity index (χ4n) is 3.62. The van der Waals surface area contributed by atoms with Crippen LogP contribution in [0.1, 0.15) is 62.5 Å². The molecule has 0 radical (unpaired) electrons. The summed E-state index contributed by atoms with van der Waals surface area (Å²) in [5, 5.41) is 11.1. The van der Waals surface area contributed by atoms with Gasteiger partial charge in [0.05, 0.1) is 17.9 Å². The first-order chi connectivity index (χ1) is 15.0. The van der Waals surface area contributed by atoms with E-state index in [2.05, 4.69) is 25.5 Å². The van der Waals surface area contributed by atoms with E-state index in [4.69, 9.17) is 4.42 Å². The Labute approximate surface area is 179 Å². The Morgan fingerprint density at radius 1 is 1.26 bits per heavy atom. The highest BCUT2D eigenvalue weighted by Crippen LogP contribution is 2.32. The average Bonchev–Trinajstić information content (AvgIpc) is 3.44. The van der Waals surface area contributed by atoms with Gasteiger partial charge in [0.2, 0.25) is 17.7 Å². The number of hydrogen-bond acceptors (Lipinski definition) is 7. The maximum Gasteiger partial charge on any atom is 0.223 e. The van der Waals surface area contributed by atoms with Gasteiger partial charge in [0, 0.05) is 25.3 Å². The van der Waals surface area contributed by atoms with Crippen molar-refractivity contribution in [2.45, 2.75) is 51.5 Å². The Balaban J connectivity index is 1.41. The average molecular weight is 424 g/mol. The minimum absolute atomic E-state index is 0.0483. The number of anilines is 2. The molecule has 3 aromatic rings. The van der Waals surface area contributed by atoms with Gasteiger partial charge in [-0.2, -0.15) is 0 Å². The topological polar surface area (TPSA) is 97.0 Å². The molecule has 3 aromatic heterocycles. The molecule has 0 spiro atoms. The summed E-state index contributed by atoms with van der Waals surface area (Å²) in [7, 11) is 0. The minimum Gasteiger partial charge on any atom is -0.425 e. The van der Waals surface area contributed by atoms with Crippen LogP contribution in [0.5, 0.6) is 0 Å². The molecule has 8 nitrogen and oxygen atoms in total. The molecule has 4 rings (SSSR count). The standard InChI is InChI=1S/C22H25FN6O2/c1-14(2)22-28-27-20(31-22)10-11-21(30)29-12-4-6-17(29)16-5-3-7-19(25-16)26-18-9-8-15(23)13-24-18/h3,5,7-9,13-14,17H,4,6,10-12H2,1-2H3,(H,24,25,26). The van der Waals surface area contributed by atoms with Crippen LogP contribution in [0.25, 0.3) is 0 Å². The summed E-state index contributed by atoms with van der Waals surface area (Å²) in [5.41, 5.74) is 0.817. The summed E-state index contributed by atoms with van der Waals surface area (Å²) >= 11 is 0. The molecule has 162 valence electrons. The zero-order valence-corrected chi connectivity index (χ0v) is 17.6. The number of hydrogen-bond donors (Lipinski definition) is 1. The van der Waals surface area contributed by atoms with Gasteiger partial charge < -0.3 is 14.6 Å². The molecule has 9 heteroatoms. The lowest BCUT2D eigenvalue weighted by Gasteiger charge is -2.24. The maximum absolute atomic E-state index is 13.1. The van der Waals surface area contributed by atoms with Gasteiger partial charge in [-0.3, -0.25) is 4.79 Å². The van der Waals surface area contributed by atoms with Crippen LogP contribution in [0.15, 0.2) is 40.9 Å². The number of nitrogens with one attached hydrogen (secondary N) is 1. The molecular weight excluding hydrogens is 399 g/mol. The smallest absolute Gasteiger partial charge is 0.223 e. The number of aromatic nitrogens is 4. The zero-order chi connectivity index (χ0) is 21.8. The Bertz CT molecular complexity index is 1040. The SMILES string of the molecule is CC(C)c1nnc(CCC(=O)N2CCCC2c2cccc(Nc3ccc(F)cn3)n2)o1. The van der Waals surface area contributed by atoms with Crippen molar-refractivity contribution in [3.63, 3.8) is 0 Å². The molecule has 0 aromatic carbocycles. The van der Waals surface area contributed by atoms with E-state index in [-0.39, 0.29) is 17.9 Å². The van der Waals surface area contributed by atoms with Crippen molar-refractivity contribution in [1.29, 1.82) is 0 Å². The third kappa shape index (κ3) is 5.04. The molecule has 4 heterocycles. The second-order valence-electron chi connectivity index (χ2n) is 7.87. The van der Waals surface area contributed by atoms with Gasteiger partial charge in [-0.25, -0.2) is 14.4 Å². The van der Waals surface area contributed by atoms with Crippen molar-refractivity contribution in [1.82, 2.24) is 25.1 Å². The zero-order valence-electron chi connectivity index (χ0n) is 17.6. The molecular formula is C22H25FN6O2. The van der Waals surface area contributed by atoms with Gasteiger partial charge in [-0.15, -0.1) is 10.2 Å². The maximum atomic E-state index is 13.1. The molecule has 1 amide bonds. The molecule has 0 aliphatic carbocycles. The fraction of sp³-hybridized carbons (Fsp3) is 0.409. The van der Waals surface area contributed by atoms with Gasteiger partial charge in [0.15, 0.2) is 0 Å². The molecule has 1 aliphatic rings. The lowest BCUT2D eigenvalue weighted by Crippen LogP contribution is -2.31. The van der Waals surface area contributed by atoms with E-state index in [1.807, 2.05) is 36.9 Å². The van der Waals surface area contributed by atoms with E-state index in [9.17, 15) is 9.18 Å². The highest BCUT2D eigenvalue weighted by Gasteiger charge is 2.31. The number of aryl methyl sites for hydroxylation is 1. The van der Waals surface area contributed by atoms with Crippen LogP contribution in [-0.2, 0) is 11.2 Å². The number of nitrogens with zero attached hydrogens (tertiary/aromatic N) is 5. The van der Waals surface area contributed by atoms with Crippen LogP contribution < -0.4 is 5.32 Å². The van der Waals surface area contributed by atoms with Crippen LogP contribution >= 0.6 is 0 Å². The molecule has 0 saturated carbocycles. The first kappa shape index (κ1) is 20.9. The Morgan fingerprint density at radius 2 is 2.13 bits per heavy atom. The monoisotopic (exact) mass is 424 g/mol. The van der Waals surface area contributed by atoms with E-state index in [0.29, 0.717) is 42.8 Å². The van der Waals surface area contributed by atoms with Crippen LogP contribution in [0.2, 0.25) is 0 Å². The van der Waals surface area contributed by atoms with Crippen molar-refractivity contribution >= 4 is 17.5 Å². The summed E-state index contributed by atoms with van der Waals surface area (Å²) < 4.78 is 18.7. The van der Waals surface area contributed by atoms with Crippen molar-refractivity contribution < 1.29 is 13.6 Å².